The molecular formula is C16H15FN2O. The molecule has 0 aliphatic heterocycles. The summed E-state index contributed by atoms with van der Waals surface area (Å²) >= 11 is 0. The normalized spacial score (nSPS) is 11.1. The molecule has 102 valence electrons. The minimum atomic E-state index is -0.263. The molecule has 3 aromatic rings. The number of aryl methyl sites for hydroxylation is 1. The van der Waals surface area contributed by atoms with Crippen LogP contribution in [0.1, 0.15) is 18.3 Å². The molecule has 0 saturated carbocycles. The second-order valence-electron chi connectivity index (χ2n) is 4.71. The van der Waals surface area contributed by atoms with Crippen molar-refractivity contribution in [3.63, 3.8) is 0 Å². The number of aromatic hydroxyl groups is 1. The maximum absolute atomic E-state index is 13.4. The Bertz CT molecular complexity index is 764. The third-order valence-electron chi connectivity index (χ3n) is 3.45. The number of aromatic nitrogens is 2. The summed E-state index contributed by atoms with van der Waals surface area (Å²) in [6.07, 6.45) is 0.525. The Labute approximate surface area is 116 Å². The number of hydrogen-bond acceptors (Lipinski definition) is 2. The van der Waals surface area contributed by atoms with Gasteiger partial charge in [0.05, 0.1) is 11.0 Å². The smallest absolute Gasteiger partial charge is 0.125 e. The molecule has 0 saturated heterocycles. The Morgan fingerprint density at radius 3 is 2.75 bits per heavy atom. The Kier molecular flexibility index (Phi) is 3.14. The van der Waals surface area contributed by atoms with Crippen LogP contribution < -0.4 is 0 Å². The fourth-order valence-corrected chi connectivity index (χ4v) is 2.46. The van der Waals surface area contributed by atoms with Crippen molar-refractivity contribution in [3.8, 4) is 5.75 Å². The lowest BCUT2D eigenvalue weighted by Crippen LogP contribution is -2.02. The highest BCUT2D eigenvalue weighted by molar-refractivity contribution is 5.76. The lowest BCUT2D eigenvalue weighted by molar-refractivity contribution is 0.468. The molecule has 0 amide bonds. The van der Waals surface area contributed by atoms with E-state index < -0.39 is 0 Å². The van der Waals surface area contributed by atoms with Crippen molar-refractivity contribution >= 4 is 11.0 Å². The van der Waals surface area contributed by atoms with Crippen molar-refractivity contribution in [3.05, 3.63) is 59.7 Å². The number of phenols is 1. The van der Waals surface area contributed by atoms with Crippen molar-refractivity contribution in [2.75, 3.05) is 0 Å². The zero-order chi connectivity index (χ0) is 14.1. The van der Waals surface area contributed by atoms with Gasteiger partial charge < -0.3 is 9.67 Å². The van der Waals surface area contributed by atoms with Crippen molar-refractivity contribution in [2.45, 2.75) is 19.9 Å². The highest BCUT2D eigenvalue weighted by Gasteiger charge is 2.12. The Hall–Kier alpha value is -2.36. The molecule has 2 aromatic carbocycles. The quantitative estimate of drug-likeness (QED) is 0.791. The predicted octanol–water partition coefficient (Wildman–Crippen LogP) is 3.49. The van der Waals surface area contributed by atoms with Crippen molar-refractivity contribution in [2.24, 2.45) is 0 Å². The van der Waals surface area contributed by atoms with Gasteiger partial charge in [0.2, 0.25) is 0 Å². The van der Waals surface area contributed by atoms with Gasteiger partial charge in [-0.15, -0.1) is 0 Å². The van der Waals surface area contributed by atoms with Gasteiger partial charge in [-0.1, -0.05) is 18.2 Å². The van der Waals surface area contributed by atoms with E-state index in [2.05, 4.69) is 4.98 Å². The van der Waals surface area contributed by atoms with Gasteiger partial charge in [0, 0.05) is 18.5 Å². The number of para-hydroxylation sites is 1. The number of imidazole rings is 1. The number of hydrogen-bond donors (Lipinski definition) is 1. The van der Waals surface area contributed by atoms with Crippen LogP contribution in [0.2, 0.25) is 0 Å². The van der Waals surface area contributed by atoms with Gasteiger partial charge >= 0.3 is 0 Å². The zero-order valence-corrected chi connectivity index (χ0v) is 11.2. The molecule has 0 aliphatic carbocycles. The summed E-state index contributed by atoms with van der Waals surface area (Å²) in [7, 11) is 0. The highest BCUT2D eigenvalue weighted by Crippen LogP contribution is 2.23. The molecule has 4 heteroatoms. The maximum atomic E-state index is 13.4. The zero-order valence-electron chi connectivity index (χ0n) is 11.2. The standard InChI is InChI=1S/C16H15FN2O/c1-2-19-14-10-12(17)7-8-13(14)18-16(19)9-11-5-3-4-6-15(11)20/h3-8,10,20H,2,9H2,1H3. The number of fused-ring (bicyclic) bond motifs is 1. The topological polar surface area (TPSA) is 38.0 Å². The number of rotatable bonds is 3. The van der Waals surface area contributed by atoms with Crippen molar-refractivity contribution in [1.82, 2.24) is 9.55 Å². The van der Waals surface area contributed by atoms with Gasteiger partial charge in [-0.25, -0.2) is 9.37 Å². The first-order valence-electron chi connectivity index (χ1n) is 6.60. The van der Waals surface area contributed by atoms with Gasteiger partial charge in [0.15, 0.2) is 0 Å². The number of halogens is 1. The molecule has 0 atom stereocenters. The molecule has 3 nitrogen and oxygen atoms in total. The van der Waals surface area contributed by atoms with Crippen LogP contribution in [0.4, 0.5) is 4.39 Å². The Balaban J connectivity index is 2.10. The van der Waals surface area contributed by atoms with Gasteiger partial charge in [-0.05, 0) is 31.2 Å². The van der Waals surface area contributed by atoms with E-state index in [-0.39, 0.29) is 11.6 Å². The molecule has 0 spiro atoms. The van der Waals surface area contributed by atoms with Gasteiger partial charge in [-0.3, -0.25) is 0 Å². The molecule has 0 radical (unpaired) electrons. The maximum Gasteiger partial charge on any atom is 0.125 e. The molecule has 1 aromatic heterocycles. The lowest BCUT2D eigenvalue weighted by atomic mass is 10.1. The number of benzene rings is 2. The molecular weight excluding hydrogens is 255 g/mol. The molecule has 1 N–H and O–H groups in total. The number of phenolic OH excluding ortho intramolecular Hbond substituents is 1. The van der Waals surface area contributed by atoms with E-state index in [1.807, 2.05) is 23.6 Å². The van der Waals surface area contributed by atoms with Crippen LogP contribution in [0.3, 0.4) is 0 Å². The van der Waals surface area contributed by atoms with Gasteiger partial charge in [-0.2, -0.15) is 0 Å². The third-order valence-corrected chi connectivity index (χ3v) is 3.45. The SMILES string of the molecule is CCn1c(Cc2ccccc2O)nc2ccc(F)cc21. The minimum Gasteiger partial charge on any atom is -0.508 e. The first-order chi connectivity index (χ1) is 9.69. The summed E-state index contributed by atoms with van der Waals surface area (Å²) in [6.45, 7) is 2.71. The summed E-state index contributed by atoms with van der Waals surface area (Å²) in [5, 5.41) is 9.86. The van der Waals surface area contributed by atoms with E-state index in [9.17, 15) is 9.50 Å². The van der Waals surface area contributed by atoms with E-state index >= 15 is 0 Å². The first kappa shape index (κ1) is 12.7. The fraction of sp³-hybridized carbons (Fsp3) is 0.188. The third kappa shape index (κ3) is 2.13. The molecule has 20 heavy (non-hydrogen) atoms. The second-order valence-corrected chi connectivity index (χ2v) is 4.71. The van der Waals surface area contributed by atoms with E-state index in [1.165, 1.54) is 12.1 Å². The molecule has 0 bridgehead atoms. The Morgan fingerprint density at radius 1 is 1.20 bits per heavy atom. The van der Waals surface area contributed by atoms with Crippen LogP contribution >= 0.6 is 0 Å². The molecule has 3 rings (SSSR count). The molecule has 0 unspecified atom stereocenters. The minimum absolute atomic E-state index is 0.258. The monoisotopic (exact) mass is 270 g/mol. The van der Waals surface area contributed by atoms with E-state index in [0.717, 1.165) is 22.4 Å². The largest absolute Gasteiger partial charge is 0.508 e. The lowest BCUT2D eigenvalue weighted by Gasteiger charge is -2.07. The summed E-state index contributed by atoms with van der Waals surface area (Å²) in [5.74, 6) is 0.823. The molecule has 1 heterocycles. The first-order valence-corrected chi connectivity index (χ1v) is 6.60. The van der Waals surface area contributed by atoms with Crippen LogP contribution in [0.15, 0.2) is 42.5 Å². The summed E-state index contributed by atoms with van der Waals surface area (Å²) < 4.78 is 15.3. The average molecular weight is 270 g/mol. The van der Waals surface area contributed by atoms with Gasteiger partial charge in [0.25, 0.3) is 0 Å². The fourth-order valence-electron chi connectivity index (χ4n) is 2.46. The Morgan fingerprint density at radius 2 is 2.00 bits per heavy atom. The number of nitrogens with zero attached hydrogens (tertiary/aromatic N) is 2. The molecule has 0 fully saturated rings. The highest BCUT2D eigenvalue weighted by atomic mass is 19.1. The van der Waals surface area contributed by atoms with Crippen LogP contribution in [-0.4, -0.2) is 14.7 Å². The van der Waals surface area contributed by atoms with Crippen molar-refractivity contribution < 1.29 is 9.50 Å². The van der Waals surface area contributed by atoms with E-state index in [1.54, 1.807) is 18.2 Å². The van der Waals surface area contributed by atoms with E-state index in [0.29, 0.717) is 13.0 Å². The van der Waals surface area contributed by atoms with Crippen LogP contribution in [-0.2, 0) is 13.0 Å². The summed E-state index contributed by atoms with van der Waals surface area (Å²) in [5.41, 5.74) is 2.38. The predicted molar refractivity (Wildman–Crippen MR) is 76.3 cm³/mol. The summed E-state index contributed by atoms with van der Waals surface area (Å²) in [4.78, 5) is 4.55. The van der Waals surface area contributed by atoms with Crippen molar-refractivity contribution in [1.29, 1.82) is 0 Å². The molecule has 0 aliphatic rings. The van der Waals surface area contributed by atoms with Crippen LogP contribution in [0, 0.1) is 5.82 Å². The van der Waals surface area contributed by atoms with Crippen LogP contribution in [0.5, 0.6) is 5.75 Å². The van der Waals surface area contributed by atoms with E-state index in [4.69, 9.17) is 0 Å². The average Bonchev–Trinajstić information content (AvgIpc) is 2.78. The van der Waals surface area contributed by atoms with Crippen LogP contribution in [0.25, 0.3) is 11.0 Å². The van der Waals surface area contributed by atoms with Gasteiger partial charge in [0.1, 0.15) is 17.4 Å². The summed E-state index contributed by atoms with van der Waals surface area (Å²) in [6, 6.07) is 11.8. The second kappa shape index (κ2) is 4.96.